The van der Waals surface area contributed by atoms with Crippen LogP contribution in [0.5, 0.6) is 0 Å². The monoisotopic (exact) mass is 649 g/mol. The van der Waals surface area contributed by atoms with Gasteiger partial charge in [-0.3, -0.25) is 19.2 Å². The van der Waals surface area contributed by atoms with Gasteiger partial charge in [0.2, 0.25) is 17.6 Å². The molecule has 0 aromatic carbocycles. The fraction of sp³-hybridized carbons (Fsp3) is 0.824. The van der Waals surface area contributed by atoms with E-state index in [1.807, 2.05) is 34.6 Å². The largest absolute Gasteiger partial charge is 0.458 e. The standard InChI is InChI=1S/C34H59N5O7/c1-10-12-18-23(26(40)29(42)35-11-2)36-28(41)24-19-21(3)20-39(24)30(43)25(22-16-14-13-15-17-22)37-32(45)38-27(33(4,5)6)31(44)46-34(7,8)9/h21-25,27H,10-20H2,1-9H3,(H,35,42)(H,36,41)(H2,37,38,45)/t21-,23?,24+,25+,27-/m1/s1. The van der Waals surface area contributed by atoms with Crippen LogP contribution < -0.4 is 21.3 Å². The molecule has 0 radical (unpaired) electrons. The summed E-state index contributed by atoms with van der Waals surface area (Å²) >= 11 is 0. The van der Waals surface area contributed by atoms with Gasteiger partial charge in [-0.05, 0) is 70.6 Å². The number of hydrogen-bond donors (Lipinski definition) is 4. The predicted octanol–water partition coefficient (Wildman–Crippen LogP) is 3.61. The smallest absolute Gasteiger partial charge is 0.329 e. The number of unbranched alkanes of at least 4 members (excludes halogenated alkanes) is 1. The van der Waals surface area contributed by atoms with E-state index in [1.54, 1.807) is 27.7 Å². The maximum absolute atomic E-state index is 14.3. The van der Waals surface area contributed by atoms with Crippen LogP contribution in [0, 0.1) is 17.3 Å². The fourth-order valence-electron chi connectivity index (χ4n) is 6.22. The lowest BCUT2D eigenvalue weighted by molar-refractivity contribution is -0.160. The summed E-state index contributed by atoms with van der Waals surface area (Å²) in [5.74, 6) is -3.00. The summed E-state index contributed by atoms with van der Waals surface area (Å²) in [5.41, 5.74) is -1.42. The fourth-order valence-corrected chi connectivity index (χ4v) is 6.22. The summed E-state index contributed by atoms with van der Waals surface area (Å²) in [6.45, 7) is 17.0. The Bertz CT molecular complexity index is 1090. The number of carbonyl (C=O) groups excluding carboxylic acids is 6. The third kappa shape index (κ3) is 11.6. The lowest BCUT2D eigenvalue weighted by atomic mass is 9.83. The van der Waals surface area contributed by atoms with Gasteiger partial charge in [-0.15, -0.1) is 0 Å². The maximum atomic E-state index is 14.3. The number of ketones is 1. The van der Waals surface area contributed by atoms with Crippen molar-refractivity contribution in [2.75, 3.05) is 13.1 Å². The van der Waals surface area contributed by atoms with E-state index in [9.17, 15) is 28.8 Å². The molecule has 12 nitrogen and oxygen atoms in total. The summed E-state index contributed by atoms with van der Waals surface area (Å²) in [6.07, 6.45) is 6.48. The third-order valence-electron chi connectivity index (χ3n) is 8.59. The van der Waals surface area contributed by atoms with Gasteiger partial charge in [0.15, 0.2) is 0 Å². The molecule has 0 aromatic rings. The molecule has 0 spiro atoms. The van der Waals surface area contributed by atoms with Crippen molar-refractivity contribution in [1.82, 2.24) is 26.2 Å². The molecule has 46 heavy (non-hydrogen) atoms. The average Bonchev–Trinajstić information content (AvgIpc) is 3.36. The Kier molecular flexibility index (Phi) is 14.5. The van der Waals surface area contributed by atoms with Crippen LogP contribution >= 0.6 is 0 Å². The molecule has 1 aliphatic carbocycles. The third-order valence-corrected chi connectivity index (χ3v) is 8.59. The number of nitrogens with zero attached hydrogens (tertiary/aromatic N) is 1. The molecule has 0 bridgehead atoms. The number of nitrogens with one attached hydrogen (secondary N) is 4. The Balaban J connectivity index is 2.31. The summed E-state index contributed by atoms with van der Waals surface area (Å²) in [7, 11) is 0. The molecule has 2 fully saturated rings. The zero-order valence-electron chi connectivity index (χ0n) is 29.5. The Morgan fingerprint density at radius 2 is 1.52 bits per heavy atom. The lowest BCUT2D eigenvalue weighted by Crippen LogP contribution is -2.61. The SMILES string of the molecule is CCCCC(NC(=O)[C@@H]1C[C@@H](C)CN1C(=O)[C@@H](NC(=O)N[C@H](C(=O)OC(C)(C)C)C(C)(C)C)C1CCCCC1)C(=O)C(=O)NCC. The molecule has 1 aliphatic heterocycles. The number of Topliss-reactive ketones (excluding diaryl/α,β-unsaturated/α-hetero) is 1. The minimum atomic E-state index is -0.993. The van der Waals surface area contributed by atoms with Gasteiger partial charge in [-0.2, -0.15) is 0 Å². The average molecular weight is 650 g/mol. The highest BCUT2D eigenvalue weighted by atomic mass is 16.6. The number of rotatable bonds is 13. The predicted molar refractivity (Wildman–Crippen MR) is 176 cm³/mol. The number of amides is 5. The van der Waals surface area contributed by atoms with E-state index in [0.29, 0.717) is 32.4 Å². The van der Waals surface area contributed by atoms with Crippen LogP contribution in [0.3, 0.4) is 0 Å². The van der Waals surface area contributed by atoms with Gasteiger partial charge < -0.3 is 30.9 Å². The Morgan fingerprint density at radius 1 is 0.891 bits per heavy atom. The number of esters is 1. The van der Waals surface area contributed by atoms with Crippen LogP contribution in [0.15, 0.2) is 0 Å². The Hall–Kier alpha value is -3.18. The Labute approximate surface area is 275 Å². The maximum Gasteiger partial charge on any atom is 0.329 e. The summed E-state index contributed by atoms with van der Waals surface area (Å²) in [6, 6.07) is -4.38. The molecule has 1 saturated heterocycles. The molecule has 5 atom stereocenters. The molecule has 1 unspecified atom stereocenters. The first-order valence-electron chi connectivity index (χ1n) is 17.1. The van der Waals surface area contributed by atoms with Gasteiger partial charge >= 0.3 is 12.0 Å². The van der Waals surface area contributed by atoms with Crippen LogP contribution in [-0.2, 0) is 28.7 Å². The van der Waals surface area contributed by atoms with E-state index in [0.717, 1.165) is 38.5 Å². The number of carbonyl (C=O) groups is 6. The highest BCUT2D eigenvalue weighted by Crippen LogP contribution is 2.31. The summed E-state index contributed by atoms with van der Waals surface area (Å²) in [4.78, 5) is 81.3. The summed E-state index contributed by atoms with van der Waals surface area (Å²) < 4.78 is 5.58. The first-order chi connectivity index (χ1) is 21.4. The molecule has 4 N–H and O–H groups in total. The number of ether oxygens (including phenoxy) is 1. The van der Waals surface area contributed by atoms with E-state index in [-0.39, 0.29) is 17.7 Å². The van der Waals surface area contributed by atoms with Crippen LogP contribution in [-0.4, -0.2) is 83.3 Å². The highest BCUT2D eigenvalue weighted by Gasteiger charge is 2.44. The second kappa shape index (κ2) is 17.1. The minimum absolute atomic E-state index is 0.00570. The van der Waals surface area contributed by atoms with E-state index >= 15 is 0 Å². The molecule has 1 heterocycles. The topological polar surface area (TPSA) is 163 Å². The molecule has 1 saturated carbocycles. The zero-order valence-corrected chi connectivity index (χ0v) is 29.5. The molecule has 2 rings (SSSR count). The molecule has 0 aromatic heterocycles. The highest BCUT2D eigenvalue weighted by molar-refractivity contribution is 6.38. The lowest BCUT2D eigenvalue weighted by Gasteiger charge is -2.36. The molecule has 2 aliphatic rings. The van der Waals surface area contributed by atoms with E-state index in [1.165, 1.54) is 4.90 Å². The van der Waals surface area contributed by atoms with Crippen LogP contribution in [0.2, 0.25) is 0 Å². The minimum Gasteiger partial charge on any atom is -0.458 e. The van der Waals surface area contributed by atoms with Crippen LogP contribution in [0.4, 0.5) is 4.79 Å². The quantitative estimate of drug-likeness (QED) is 0.175. The van der Waals surface area contributed by atoms with Gasteiger partial charge in [0.25, 0.3) is 5.91 Å². The van der Waals surface area contributed by atoms with Crippen molar-refractivity contribution in [3.05, 3.63) is 0 Å². The Morgan fingerprint density at radius 3 is 2.07 bits per heavy atom. The first kappa shape index (κ1) is 39.0. The van der Waals surface area contributed by atoms with Crippen molar-refractivity contribution in [2.24, 2.45) is 17.3 Å². The van der Waals surface area contributed by atoms with Crippen molar-refractivity contribution in [3.63, 3.8) is 0 Å². The van der Waals surface area contributed by atoms with Gasteiger partial charge in [0.1, 0.15) is 23.7 Å². The second-order valence-corrected chi connectivity index (χ2v) is 15.1. The van der Waals surface area contributed by atoms with Crippen molar-refractivity contribution in [2.45, 2.75) is 150 Å². The molecule has 12 heteroatoms. The normalized spacial score (nSPS) is 21.0. The molecular weight excluding hydrogens is 590 g/mol. The van der Waals surface area contributed by atoms with E-state index in [2.05, 4.69) is 21.3 Å². The van der Waals surface area contributed by atoms with E-state index < -0.39 is 64.8 Å². The van der Waals surface area contributed by atoms with Gasteiger partial charge in [0.05, 0.1) is 6.04 Å². The van der Waals surface area contributed by atoms with Crippen molar-refractivity contribution in [1.29, 1.82) is 0 Å². The van der Waals surface area contributed by atoms with Gasteiger partial charge in [0, 0.05) is 13.1 Å². The first-order valence-corrected chi connectivity index (χ1v) is 17.1. The van der Waals surface area contributed by atoms with Gasteiger partial charge in [-0.25, -0.2) is 9.59 Å². The van der Waals surface area contributed by atoms with Crippen molar-refractivity contribution in [3.8, 4) is 0 Å². The van der Waals surface area contributed by atoms with Crippen LogP contribution in [0.1, 0.15) is 120 Å². The molecular formula is C34H59N5O7. The van der Waals surface area contributed by atoms with Crippen LogP contribution in [0.25, 0.3) is 0 Å². The molecule has 262 valence electrons. The number of urea groups is 1. The molecule has 5 amide bonds. The zero-order chi connectivity index (χ0) is 34.8. The van der Waals surface area contributed by atoms with Gasteiger partial charge in [-0.1, -0.05) is 66.7 Å². The summed E-state index contributed by atoms with van der Waals surface area (Å²) in [5, 5.41) is 10.9. The van der Waals surface area contributed by atoms with E-state index in [4.69, 9.17) is 4.74 Å². The number of likely N-dealkylation sites (tertiary alicyclic amines) is 1. The second-order valence-electron chi connectivity index (χ2n) is 15.1. The number of hydrogen-bond acceptors (Lipinski definition) is 7. The number of likely N-dealkylation sites (N-methyl/N-ethyl adjacent to an activating group) is 1. The van der Waals surface area contributed by atoms with Crippen molar-refractivity contribution >= 4 is 35.5 Å². The van der Waals surface area contributed by atoms with Crippen molar-refractivity contribution < 1.29 is 33.5 Å².